The summed E-state index contributed by atoms with van der Waals surface area (Å²) in [6.45, 7) is 4.61. The van der Waals surface area contributed by atoms with Crippen LogP contribution in [-0.2, 0) is 0 Å². The second-order valence-corrected chi connectivity index (χ2v) is 4.65. The van der Waals surface area contributed by atoms with Gasteiger partial charge in [0, 0.05) is 25.3 Å². The third kappa shape index (κ3) is 3.04. The Morgan fingerprint density at radius 1 is 1.63 bits per heavy atom. The number of methoxy groups -OCH3 is 1. The number of nitrogens with zero attached hydrogens (tertiary/aromatic N) is 2. The molecule has 0 saturated carbocycles. The minimum Gasteiger partial charge on any atom is -0.480 e. The zero-order chi connectivity index (χ0) is 13.7. The van der Waals surface area contributed by atoms with Gasteiger partial charge >= 0.3 is 0 Å². The van der Waals surface area contributed by atoms with Crippen LogP contribution >= 0.6 is 0 Å². The first kappa shape index (κ1) is 13.8. The summed E-state index contributed by atoms with van der Waals surface area (Å²) in [5.41, 5.74) is 0.539. The van der Waals surface area contributed by atoms with E-state index in [1.807, 2.05) is 11.8 Å². The minimum absolute atomic E-state index is 0.00106. The standard InChI is InChI=1S/C14H21N3O2/c1-3-17(11-6-4-8-15-10-11)14(18)12-7-5-9-16-13(12)19-2/h5,7,9,11,15H,3-4,6,8,10H2,1-2H3. The predicted molar refractivity (Wildman–Crippen MR) is 73.4 cm³/mol. The van der Waals surface area contributed by atoms with E-state index in [-0.39, 0.29) is 11.9 Å². The maximum absolute atomic E-state index is 12.6. The number of amides is 1. The van der Waals surface area contributed by atoms with Crippen molar-refractivity contribution >= 4 is 5.91 Å². The summed E-state index contributed by atoms with van der Waals surface area (Å²) in [4.78, 5) is 18.6. The van der Waals surface area contributed by atoms with Crippen molar-refractivity contribution in [3.63, 3.8) is 0 Å². The number of nitrogens with one attached hydrogen (secondary N) is 1. The summed E-state index contributed by atoms with van der Waals surface area (Å²) in [5.74, 6) is 0.399. The molecule has 104 valence electrons. The molecule has 19 heavy (non-hydrogen) atoms. The first-order chi connectivity index (χ1) is 9.27. The minimum atomic E-state index is 0.00106. The number of likely N-dealkylation sites (N-methyl/N-ethyl adjacent to an activating group) is 1. The Balaban J connectivity index is 2.19. The first-order valence-electron chi connectivity index (χ1n) is 6.78. The maximum atomic E-state index is 12.6. The van der Waals surface area contributed by atoms with Gasteiger partial charge in [-0.3, -0.25) is 4.79 Å². The van der Waals surface area contributed by atoms with Crippen LogP contribution in [0.1, 0.15) is 30.1 Å². The smallest absolute Gasteiger partial charge is 0.259 e. The third-order valence-electron chi connectivity index (χ3n) is 3.51. The molecular formula is C14H21N3O2. The number of carbonyl (C=O) groups excluding carboxylic acids is 1. The van der Waals surface area contributed by atoms with Crippen LogP contribution in [0.15, 0.2) is 18.3 Å². The second-order valence-electron chi connectivity index (χ2n) is 4.65. The average molecular weight is 263 g/mol. The quantitative estimate of drug-likeness (QED) is 0.889. The second kappa shape index (κ2) is 6.52. The van der Waals surface area contributed by atoms with E-state index in [9.17, 15) is 4.79 Å². The lowest BCUT2D eigenvalue weighted by atomic mass is 10.0. The van der Waals surface area contributed by atoms with Crippen LogP contribution in [0.5, 0.6) is 5.88 Å². The molecule has 5 nitrogen and oxygen atoms in total. The van der Waals surface area contributed by atoms with E-state index < -0.39 is 0 Å². The Kier molecular flexibility index (Phi) is 4.74. The van der Waals surface area contributed by atoms with Crippen molar-refractivity contribution < 1.29 is 9.53 Å². The molecule has 0 spiro atoms. The first-order valence-corrected chi connectivity index (χ1v) is 6.78. The molecule has 0 radical (unpaired) electrons. The molecule has 1 saturated heterocycles. The monoisotopic (exact) mass is 263 g/mol. The van der Waals surface area contributed by atoms with Gasteiger partial charge in [0.05, 0.1) is 7.11 Å². The van der Waals surface area contributed by atoms with Gasteiger partial charge in [-0.1, -0.05) is 0 Å². The van der Waals surface area contributed by atoms with Gasteiger partial charge in [0.2, 0.25) is 5.88 Å². The van der Waals surface area contributed by atoms with Crippen molar-refractivity contribution in [3.8, 4) is 5.88 Å². The fraction of sp³-hybridized carbons (Fsp3) is 0.571. The lowest BCUT2D eigenvalue weighted by molar-refractivity contribution is 0.0658. The highest BCUT2D eigenvalue weighted by Gasteiger charge is 2.26. The van der Waals surface area contributed by atoms with Crippen LogP contribution < -0.4 is 10.1 Å². The van der Waals surface area contributed by atoms with Crippen LogP contribution in [0.2, 0.25) is 0 Å². The highest BCUT2D eigenvalue weighted by atomic mass is 16.5. The molecule has 1 unspecified atom stereocenters. The lowest BCUT2D eigenvalue weighted by Gasteiger charge is -2.34. The number of ether oxygens (including phenoxy) is 1. The van der Waals surface area contributed by atoms with Gasteiger partial charge in [-0.25, -0.2) is 4.98 Å². The Morgan fingerprint density at radius 3 is 3.11 bits per heavy atom. The van der Waals surface area contributed by atoms with Crippen LogP contribution in [0.25, 0.3) is 0 Å². The molecule has 1 aromatic heterocycles. The van der Waals surface area contributed by atoms with E-state index in [1.54, 1.807) is 18.3 Å². The number of piperidine rings is 1. The van der Waals surface area contributed by atoms with Crippen molar-refractivity contribution in [2.24, 2.45) is 0 Å². The molecule has 1 aliphatic heterocycles. The number of hydrogen-bond acceptors (Lipinski definition) is 4. The molecule has 0 aliphatic carbocycles. The molecule has 1 fully saturated rings. The predicted octanol–water partition coefficient (Wildman–Crippen LogP) is 1.30. The van der Waals surface area contributed by atoms with Gasteiger partial charge in [0.1, 0.15) is 5.56 Å². The fourth-order valence-corrected chi connectivity index (χ4v) is 2.54. The molecule has 0 aromatic carbocycles. The highest BCUT2D eigenvalue weighted by Crippen LogP contribution is 2.19. The topological polar surface area (TPSA) is 54.5 Å². The van der Waals surface area contributed by atoms with Crippen molar-refractivity contribution in [1.29, 1.82) is 0 Å². The molecular weight excluding hydrogens is 242 g/mol. The summed E-state index contributed by atoms with van der Waals surface area (Å²) in [5, 5.41) is 3.34. The molecule has 2 heterocycles. The molecule has 1 amide bonds. The summed E-state index contributed by atoms with van der Waals surface area (Å²) in [6.07, 6.45) is 3.79. The highest BCUT2D eigenvalue weighted by molar-refractivity contribution is 5.96. The van der Waals surface area contributed by atoms with Gasteiger partial charge in [0.25, 0.3) is 5.91 Å². The Hall–Kier alpha value is -1.62. The molecule has 5 heteroatoms. The van der Waals surface area contributed by atoms with E-state index >= 15 is 0 Å². The largest absolute Gasteiger partial charge is 0.480 e. The molecule has 2 rings (SSSR count). The van der Waals surface area contributed by atoms with Gasteiger partial charge in [-0.15, -0.1) is 0 Å². The van der Waals surface area contributed by atoms with Crippen LogP contribution in [0, 0.1) is 0 Å². The summed E-state index contributed by atoms with van der Waals surface area (Å²) in [6, 6.07) is 3.80. The summed E-state index contributed by atoms with van der Waals surface area (Å²) < 4.78 is 5.17. The van der Waals surface area contributed by atoms with Crippen molar-refractivity contribution in [2.45, 2.75) is 25.8 Å². The van der Waals surface area contributed by atoms with Gasteiger partial charge < -0.3 is 15.0 Å². The normalized spacial score (nSPS) is 18.9. The van der Waals surface area contributed by atoms with Crippen molar-refractivity contribution in [1.82, 2.24) is 15.2 Å². The Morgan fingerprint density at radius 2 is 2.47 bits per heavy atom. The molecule has 1 atom stereocenters. The van der Waals surface area contributed by atoms with Crippen LogP contribution in [0.3, 0.4) is 0 Å². The number of aromatic nitrogens is 1. The number of pyridine rings is 1. The average Bonchev–Trinajstić information content (AvgIpc) is 2.49. The molecule has 1 N–H and O–H groups in total. The maximum Gasteiger partial charge on any atom is 0.259 e. The Labute approximate surface area is 114 Å². The molecule has 1 aromatic rings. The number of hydrogen-bond donors (Lipinski definition) is 1. The van der Waals surface area contributed by atoms with Gasteiger partial charge in [0.15, 0.2) is 0 Å². The fourth-order valence-electron chi connectivity index (χ4n) is 2.54. The van der Waals surface area contributed by atoms with E-state index in [0.29, 0.717) is 18.0 Å². The van der Waals surface area contributed by atoms with E-state index in [1.165, 1.54) is 7.11 Å². The summed E-state index contributed by atoms with van der Waals surface area (Å²) >= 11 is 0. The zero-order valence-corrected chi connectivity index (χ0v) is 11.6. The zero-order valence-electron chi connectivity index (χ0n) is 11.6. The van der Waals surface area contributed by atoms with E-state index in [4.69, 9.17) is 4.74 Å². The SMILES string of the molecule is CCN(C(=O)c1cccnc1OC)C1CCCNC1. The van der Waals surface area contributed by atoms with Crippen molar-refractivity contribution in [3.05, 3.63) is 23.9 Å². The Bertz CT molecular complexity index is 430. The number of carbonyl (C=O) groups is 1. The van der Waals surface area contributed by atoms with Crippen molar-refractivity contribution in [2.75, 3.05) is 26.7 Å². The number of rotatable bonds is 4. The molecule has 1 aliphatic rings. The lowest BCUT2D eigenvalue weighted by Crippen LogP contribution is -2.48. The van der Waals surface area contributed by atoms with Gasteiger partial charge in [-0.2, -0.15) is 0 Å². The summed E-state index contributed by atoms with van der Waals surface area (Å²) in [7, 11) is 1.54. The van der Waals surface area contributed by atoms with Crippen LogP contribution in [0.4, 0.5) is 0 Å². The third-order valence-corrected chi connectivity index (χ3v) is 3.51. The van der Waals surface area contributed by atoms with E-state index in [2.05, 4.69) is 10.3 Å². The van der Waals surface area contributed by atoms with E-state index in [0.717, 1.165) is 25.9 Å². The van der Waals surface area contributed by atoms with Crippen LogP contribution in [-0.4, -0.2) is 48.6 Å². The van der Waals surface area contributed by atoms with Gasteiger partial charge in [-0.05, 0) is 38.4 Å². The molecule has 0 bridgehead atoms.